The molecule has 1 aliphatic heterocycles. The summed E-state index contributed by atoms with van der Waals surface area (Å²) in [6.07, 6.45) is -3.71. The highest BCUT2D eigenvalue weighted by Gasteiger charge is 2.40. The van der Waals surface area contributed by atoms with Crippen LogP contribution in [0.5, 0.6) is 0 Å². The fraction of sp³-hybridized carbons (Fsp3) is 0.857. The average molecular weight is 191 g/mol. The third kappa shape index (κ3) is 1.97. The molecule has 0 aliphatic carbocycles. The first-order valence-electron chi connectivity index (χ1n) is 3.93. The van der Waals surface area contributed by atoms with E-state index in [1.54, 1.807) is 0 Å². The standard InChI is InChI=1S/C7H13NO5/c1-13-7(12)4-6(11)5(10)3(9)2-8-4/h3-6,8-11H,2H2,1H3. The molecular weight excluding hydrogens is 178 g/mol. The lowest BCUT2D eigenvalue weighted by Gasteiger charge is -2.34. The molecule has 6 heteroatoms. The van der Waals surface area contributed by atoms with E-state index in [1.165, 1.54) is 7.11 Å². The van der Waals surface area contributed by atoms with Crippen molar-refractivity contribution >= 4 is 5.97 Å². The number of nitrogens with one attached hydrogen (secondary N) is 1. The van der Waals surface area contributed by atoms with E-state index >= 15 is 0 Å². The summed E-state index contributed by atoms with van der Waals surface area (Å²) in [6.45, 7) is 0.0536. The molecule has 0 amide bonds. The summed E-state index contributed by atoms with van der Waals surface area (Å²) in [4.78, 5) is 11.0. The van der Waals surface area contributed by atoms with Gasteiger partial charge in [-0.2, -0.15) is 0 Å². The van der Waals surface area contributed by atoms with Crippen LogP contribution in [0.2, 0.25) is 0 Å². The number of esters is 1. The first kappa shape index (κ1) is 10.4. The number of β-amino-alcohol motifs (C(OH)–C–C–N with tert-alkyl or cyclic N) is 1. The maximum Gasteiger partial charge on any atom is 0.325 e. The van der Waals surface area contributed by atoms with Crippen LogP contribution in [0.1, 0.15) is 0 Å². The number of carbonyl (C=O) groups is 1. The van der Waals surface area contributed by atoms with Gasteiger partial charge in [-0.05, 0) is 0 Å². The van der Waals surface area contributed by atoms with Gasteiger partial charge < -0.3 is 20.1 Å². The van der Waals surface area contributed by atoms with E-state index in [4.69, 9.17) is 5.11 Å². The molecule has 4 N–H and O–H groups in total. The highest BCUT2D eigenvalue weighted by molar-refractivity contribution is 5.76. The molecule has 1 fully saturated rings. The Balaban J connectivity index is 2.63. The summed E-state index contributed by atoms with van der Waals surface area (Å²) in [5.41, 5.74) is 0. The van der Waals surface area contributed by atoms with Crippen molar-refractivity contribution in [1.29, 1.82) is 0 Å². The first-order chi connectivity index (χ1) is 6.07. The summed E-state index contributed by atoms with van der Waals surface area (Å²) in [7, 11) is 1.19. The number of hydrogen-bond donors (Lipinski definition) is 4. The van der Waals surface area contributed by atoms with Gasteiger partial charge in [-0.25, -0.2) is 0 Å². The SMILES string of the molecule is COC(=O)C1NCC(O)C(O)C1O. The molecule has 0 spiro atoms. The van der Waals surface area contributed by atoms with Crippen LogP contribution in [-0.2, 0) is 9.53 Å². The molecule has 4 unspecified atom stereocenters. The van der Waals surface area contributed by atoms with Crippen LogP contribution in [0.3, 0.4) is 0 Å². The Morgan fingerprint density at radius 2 is 2.00 bits per heavy atom. The summed E-state index contributed by atoms with van der Waals surface area (Å²) in [6, 6.07) is -0.969. The Morgan fingerprint density at radius 3 is 2.54 bits per heavy atom. The molecule has 4 atom stereocenters. The predicted molar refractivity (Wildman–Crippen MR) is 41.8 cm³/mol. The molecule has 1 saturated heterocycles. The number of carbonyl (C=O) groups excluding carboxylic acids is 1. The Kier molecular flexibility index (Phi) is 3.21. The molecule has 0 saturated carbocycles. The van der Waals surface area contributed by atoms with Gasteiger partial charge in [0.2, 0.25) is 0 Å². The van der Waals surface area contributed by atoms with Crippen LogP contribution < -0.4 is 5.32 Å². The van der Waals surface area contributed by atoms with E-state index in [0.29, 0.717) is 0 Å². The average Bonchev–Trinajstić information content (AvgIpc) is 2.13. The Hall–Kier alpha value is -0.690. The van der Waals surface area contributed by atoms with E-state index < -0.39 is 30.3 Å². The molecular formula is C7H13NO5. The van der Waals surface area contributed by atoms with E-state index in [1.807, 2.05) is 0 Å². The van der Waals surface area contributed by atoms with Gasteiger partial charge in [0, 0.05) is 6.54 Å². The van der Waals surface area contributed by atoms with Crippen LogP contribution in [-0.4, -0.2) is 59.3 Å². The molecule has 0 aromatic rings. The molecule has 0 aromatic heterocycles. The fourth-order valence-electron chi connectivity index (χ4n) is 1.26. The number of piperidine rings is 1. The summed E-state index contributed by atoms with van der Waals surface area (Å²) < 4.78 is 4.39. The number of ether oxygens (including phenoxy) is 1. The maximum atomic E-state index is 11.0. The largest absolute Gasteiger partial charge is 0.468 e. The van der Waals surface area contributed by atoms with Gasteiger partial charge >= 0.3 is 5.97 Å². The summed E-state index contributed by atoms with van der Waals surface area (Å²) in [5, 5.41) is 30.2. The van der Waals surface area contributed by atoms with Crippen molar-refractivity contribution in [3.05, 3.63) is 0 Å². The van der Waals surface area contributed by atoms with Gasteiger partial charge in [-0.3, -0.25) is 10.1 Å². The third-order valence-electron chi connectivity index (χ3n) is 2.09. The van der Waals surface area contributed by atoms with E-state index in [2.05, 4.69) is 10.1 Å². The minimum absolute atomic E-state index is 0.0536. The number of hydrogen-bond acceptors (Lipinski definition) is 6. The molecule has 0 aromatic carbocycles. The Labute approximate surface area is 75.1 Å². The molecule has 1 heterocycles. The second-order valence-corrected chi connectivity index (χ2v) is 2.96. The summed E-state index contributed by atoms with van der Waals surface area (Å²) in [5.74, 6) is -0.654. The topological polar surface area (TPSA) is 99.0 Å². The second kappa shape index (κ2) is 4.01. The van der Waals surface area contributed by atoms with Crippen LogP contribution in [0, 0.1) is 0 Å². The van der Waals surface area contributed by atoms with Gasteiger partial charge in [0.15, 0.2) is 0 Å². The van der Waals surface area contributed by atoms with Crippen LogP contribution in [0.4, 0.5) is 0 Å². The van der Waals surface area contributed by atoms with Crippen molar-refractivity contribution in [2.75, 3.05) is 13.7 Å². The zero-order valence-corrected chi connectivity index (χ0v) is 7.17. The van der Waals surface area contributed by atoms with Crippen molar-refractivity contribution in [2.24, 2.45) is 0 Å². The van der Waals surface area contributed by atoms with Crippen LogP contribution in [0.15, 0.2) is 0 Å². The highest BCUT2D eigenvalue weighted by atomic mass is 16.5. The van der Waals surface area contributed by atoms with Crippen LogP contribution >= 0.6 is 0 Å². The molecule has 0 radical (unpaired) electrons. The lowest BCUT2D eigenvalue weighted by atomic mass is 9.96. The first-order valence-corrected chi connectivity index (χ1v) is 3.93. The minimum atomic E-state index is -1.34. The minimum Gasteiger partial charge on any atom is -0.468 e. The molecule has 13 heavy (non-hydrogen) atoms. The molecule has 1 aliphatic rings. The van der Waals surface area contributed by atoms with Crippen LogP contribution in [0.25, 0.3) is 0 Å². The number of methoxy groups -OCH3 is 1. The number of aliphatic hydroxyl groups is 3. The van der Waals surface area contributed by atoms with Gasteiger partial charge in [0.05, 0.1) is 13.2 Å². The number of aliphatic hydroxyl groups excluding tert-OH is 3. The van der Waals surface area contributed by atoms with Gasteiger partial charge in [0.25, 0.3) is 0 Å². The van der Waals surface area contributed by atoms with Crippen molar-refractivity contribution in [3.8, 4) is 0 Å². The molecule has 1 rings (SSSR count). The lowest BCUT2D eigenvalue weighted by Crippen LogP contribution is -2.62. The summed E-state index contributed by atoms with van der Waals surface area (Å²) >= 11 is 0. The van der Waals surface area contributed by atoms with Gasteiger partial charge in [-0.15, -0.1) is 0 Å². The molecule has 76 valence electrons. The second-order valence-electron chi connectivity index (χ2n) is 2.96. The lowest BCUT2D eigenvalue weighted by molar-refractivity contribution is -0.156. The Morgan fingerprint density at radius 1 is 1.38 bits per heavy atom. The normalized spacial score (nSPS) is 40.0. The zero-order chi connectivity index (χ0) is 10.0. The van der Waals surface area contributed by atoms with Crippen molar-refractivity contribution < 1.29 is 24.9 Å². The third-order valence-corrected chi connectivity index (χ3v) is 2.09. The maximum absolute atomic E-state index is 11.0. The molecule has 6 nitrogen and oxygen atoms in total. The van der Waals surface area contributed by atoms with E-state index in [9.17, 15) is 15.0 Å². The smallest absolute Gasteiger partial charge is 0.325 e. The van der Waals surface area contributed by atoms with Crippen molar-refractivity contribution in [2.45, 2.75) is 24.4 Å². The molecule has 0 bridgehead atoms. The predicted octanol–water partition coefficient (Wildman–Crippen LogP) is -2.79. The van der Waals surface area contributed by atoms with Gasteiger partial charge in [0.1, 0.15) is 18.2 Å². The van der Waals surface area contributed by atoms with Crippen molar-refractivity contribution in [3.63, 3.8) is 0 Å². The zero-order valence-electron chi connectivity index (χ0n) is 7.17. The fourth-order valence-corrected chi connectivity index (χ4v) is 1.26. The van der Waals surface area contributed by atoms with E-state index in [-0.39, 0.29) is 6.54 Å². The van der Waals surface area contributed by atoms with E-state index in [0.717, 1.165) is 0 Å². The Bertz CT molecular complexity index is 197. The van der Waals surface area contributed by atoms with Crippen molar-refractivity contribution in [1.82, 2.24) is 5.32 Å². The monoisotopic (exact) mass is 191 g/mol. The quantitative estimate of drug-likeness (QED) is 0.334. The highest BCUT2D eigenvalue weighted by Crippen LogP contribution is 2.11. The van der Waals surface area contributed by atoms with Gasteiger partial charge in [-0.1, -0.05) is 0 Å². The number of rotatable bonds is 1.